The zero-order valence-corrected chi connectivity index (χ0v) is 21.7. The van der Waals surface area contributed by atoms with E-state index in [9.17, 15) is 14.7 Å². The third-order valence-electron chi connectivity index (χ3n) is 6.81. The Morgan fingerprint density at radius 2 is 1.92 bits per heavy atom. The summed E-state index contributed by atoms with van der Waals surface area (Å²) in [7, 11) is 1.66. The number of aliphatic hydroxyl groups excluding tert-OH is 1. The number of aromatic amines is 1. The molecule has 2 aromatic heterocycles. The third-order valence-corrected chi connectivity index (χ3v) is 6.81. The van der Waals surface area contributed by atoms with Gasteiger partial charge in [0.2, 0.25) is 0 Å². The standard InChI is InChI=1S/C30H31N5O4/c1-39-14-12-31-16-20-9-10-28(32-17-20)34-26-15-22(18-33-29(26)37)23-7-4-8-27(25(23)19-36)35-13-11-21-5-2-3-6-24(21)30(35)38/h2-10,15,17-18,31,36H,11-14,16,19H2,1H3,(H,32,34)(H,33,37). The number of carbonyl (C=O) groups excluding carboxylic acids is 1. The largest absolute Gasteiger partial charge is 0.392 e. The van der Waals surface area contributed by atoms with Gasteiger partial charge in [0, 0.05) is 55.8 Å². The Balaban J connectivity index is 1.40. The fourth-order valence-corrected chi connectivity index (χ4v) is 4.80. The molecule has 0 bridgehead atoms. The number of benzene rings is 2. The van der Waals surface area contributed by atoms with E-state index >= 15 is 0 Å². The summed E-state index contributed by atoms with van der Waals surface area (Å²) in [5, 5.41) is 16.8. The Hall–Kier alpha value is -4.31. The topological polar surface area (TPSA) is 120 Å². The van der Waals surface area contributed by atoms with Crippen molar-refractivity contribution in [3.63, 3.8) is 0 Å². The lowest BCUT2D eigenvalue weighted by Crippen LogP contribution is -2.38. The first-order valence-corrected chi connectivity index (χ1v) is 12.9. The summed E-state index contributed by atoms with van der Waals surface area (Å²) in [6.45, 7) is 2.30. The molecule has 39 heavy (non-hydrogen) atoms. The van der Waals surface area contributed by atoms with Gasteiger partial charge in [0.15, 0.2) is 0 Å². The van der Waals surface area contributed by atoms with Crippen LogP contribution in [0.3, 0.4) is 0 Å². The lowest BCUT2D eigenvalue weighted by molar-refractivity contribution is 0.0980. The number of hydrogen-bond acceptors (Lipinski definition) is 7. The number of aromatic nitrogens is 2. The second kappa shape index (κ2) is 12.0. The molecule has 5 rings (SSSR count). The molecule has 9 nitrogen and oxygen atoms in total. The molecule has 4 N–H and O–H groups in total. The van der Waals surface area contributed by atoms with E-state index in [1.807, 2.05) is 54.6 Å². The third kappa shape index (κ3) is 5.75. The molecule has 0 unspecified atom stereocenters. The summed E-state index contributed by atoms with van der Waals surface area (Å²) >= 11 is 0. The van der Waals surface area contributed by atoms with Crippen molar-refractivity contribution in [3.8, 4) is 11.1 Å². The number of ether oxygens (including phenoxy) is 1. The van der Waals surface area contributed by atoms with Crippen molar-refractivity contribution in [2.24, 2.45) is 0 Å². The molecule has 3 heterocycles. The summed E-state index contributed by atoms with van der Waals surface area (Å²) in [5.41, 5.74) is 5.45. The predicted molar refractivity (Wildman–Crippen MR) is 151 cm³/mol. The number of amides is 1. The molecule has 1 amide bonds. The maximum atomic E-state index is 13.3. The fourth-order valence-electron chi connectivity index (χ4n) is 4.80. The molecule has 1 aliphatic heterocycles. The highest BCUT2D eigenvalue weighted by atomic mass is 16.5. The molecular formula is C30H31N5O4. The van der Waals surface area contributed by atoms with Gasteiger partial charge in [0.25, 0.3) is 11.5 Å². The molecule has 0 aliphatic carbocycles. The highest BCUT2D eigenvalue weighted by Crippen LogP contribution is 2.34. The number of nitrogens with one attached hydrogen (secondary N) is 3. The minimum absolute atomic E-state index is 0.0871. The normalized spacial score (nSPS) is 12.9. The Morgan fingerprint density at radius 3 is 2.72 bits per heavy atom. The molecule has 0 saturated heterocycles. The molecule has 2 aromatic carbocycles. The summed E-state index contributed by atoms with van der Waals surface area (Å²) in [6, 6.07) is 18.7. The first-order valence-electron chi connectivity index (χ1n) is 12.9. The molecule has 0 saturated carbocycles. The summed E-state index contributed by atoms with van der Waals surface area (Å²) in [6.07, 6.45) is 4.10. The molecule has 4 aromatic rings. The fraction of sp³-hybridized carbons (Fsp3) is 0.233. The minimum Gasteiger partial charge on any atom is -0.392 e. The molecule has 200 valence electrons. The van der Waals surface area contributed by atoms with Crippen molar-refractivity contribution in [2.45, 2.75) is 19.6 Å². The summed E-state index contributed by atoms with van der Waals surface area (Å²) in [5.74, 6) is 0.447. The van der Waals surface area contributed by atoms with Crippen LogP contribution in [0.1, 0.15) is 27.0 Å². The van der Waals surface area contributed by atoms with E-state index in [0.29, 0.717) is 53.6 Å². The number of carbonyl (C=O) groups is 1. The minimum atomic E-state index is -0.296. The Kier molecular flexibility index (Phi) is 8.12. The van der Waals surface area contributed by atoms with E-state index in [4.69, 9.17) is 4.74 Å². The lowest BCUT2D eigenvalue weighted by atomic mass is 9.95. The van der Waals surface area contributed by atoms with Gasteiger partial charge in [-0.3, -0.25) is 9.59 Å². The van der Waals surface area contributed by atoms with Gasteiger partial charge in [0.05, 0.1) is 18.9 Å². The highest BCUT2D eigenvalue weighted by Gasteiger charge is 2.27. The van der Waals surface area contributed by atoms with Crippen molar-refractivity contribution in [1.29, 1.82) is 0 Å². The van der Waals surface area contributed by atoms with Crippen molar-refractivity contribution in [3.05, 3.63) is 106 Å². The Bertz CT molecular complexity index is 1520. The van der Waals surface area contributed by atoms with Crippen molar-refractivity contribution < 1.29 is 14.6 Å². The van der Waals surface area contributed by atoms with E-state index in [2.05, 4.69) is 20.6 Å². The zero-order valence-electron chi connectivity index (χ0n) is 21.7. The average Bonchev–Trinajstić information content (AvgIpc) is 2.97. The molecule has 0 spiro atoms. The average molecular weight is 526 g/mol. The van der Waals surface area contributed by atoms with Gasteiger partial charge in [-0.25, -0.2) is 4.98 Å². The second-order valence-electron chi connectivity index (χ2n) is 9.30. The smallest absolute Gasteiger partial charge is 0.271 e. The van der Waals surface area contributed by atoms with Gasteiger partial charge in [-0.05, 0) is 47.4 Å². The lowest BCUT2D eigenvalue weighted by Gasteiger charge is -2.30. The van der Waals surface area contributed by atoms with Gasteiger partial charge in [-0.15, -0.1) is 0 Å². The van der Waals surface area contributed by atoms with E-state index in [-0.39, 0.29) is 18.1 Å². The molecule has 1 aliphatic rings. The van der Waals surface area contributed by atoms with Crippen molar-refractivity contribution >= 4 is 23.1 Å². The molecular weight excluding hydrogens is 494 g/mol. The van der Waals surface area contributed by atoms with Crippen LogP contribution in [-0.2, 0) is 24.3 Å². The number of H-pyrrole nitrogens is 1. The second-order valence-corrected chi connectivity index (χ2v) is 9.30. The highest BCUT2D eigenvalue weighted by molar-refractivity contribution is 6.09. The van der Waals surface area contributed by atoms with Crippen LogP contribution >= 0.6 is 0 Å². The first-order chi connectivity index (χ1) is 19.1. The molecule has 9 heteroatoms. The number of hydrogen-bond donors (Lipinski definition) is 4. The predicted octanol–water partition coefficient (Wildman–Crippen LogP) is 3.61. The van der Waals surface area contributed by atoms with Crippen molar-refractivity contribution in [2.75, 3.05) is 37.0 Å². The van der Waals surface area contributed by atoms with E-state index in [0.717, 1.165) is 29.7 Å². The van der Waals surface area contributed by atoms with Crippen LogP contribution in [0.5, 0.6) is 0 Å². The number of aliphatic hydroxyl groups is 1. The zero-order chi connectivity index (χ0) is 27.2. The van der Waals surface area contributed by atoms with Gasteiger partial charge in [-0.2, -0.15) is 0 Å². The van der Waals surface area contributed by atoms with Gasteiger partial charge in [0.1, 0.15) is 11.5 Å². The number of anilines is 3. The number of methoxy groups -OCH3 is 1. The van der Waals surface area contributed by atoms with Gasteiger partial charge >= 0.3 is 0 Å². The number of rotatable bonds is 10. The first kappa shape index (κ1) is 26.3. The molecule has 0 atom stereocenters. The SMILES string of the molecule is COCCNCc1ccc(Nc2cc(-c3cccc(N4CCc5ccccc5C4=O)c3CO)c[nH]c2=O)nc1. The summed E-state index contributed by atoms with van der Waals surface area (Å²) in [4.78, 5) is 34.9. The van der Waals surface area contributed by atoms with Gasteiger partial charge in [-0.1, -0.05) is 36.4 Å². The maximum Gasteiger partial charge on any atom is 0.271 e. The van der Waals surface area contributed by atoms with Crippen LogP contribution in [0.2, 0.25) is 0 Å². The van der Waals surface area contributed by atoms with Gasteiger partial charge < -0.3 is 30.4 Å². The van der Waals surface area contributed by atoms with Crippen LogP contribution in [0.4, 0.5) is 17.2 Å². The summed E-state index contributed by atoms with van der Waals surface area (Å²) < 4.78 is 5.04. The van der Waals surface area contributed by atoms with Crippen LogP contribution in [0, 0.1) is 0 Å². The van der Waals surface area contributed by atoms with Crippen LogP contribution in [0.25, 0.3) is 11.1 Å². The Morgan fingerprint density at radius 1 is 1.08 bits per heavy atom. The van der Waals surface area contributed by atoms with E-state index < -0.39 is 0 Å². The quantitative estimate of drug-likeness (QED) is 0.234. The van der Waals surface area contributed by atoms with E-state index in [1.165, 1.54) is 0 Å². The molecule has 0 fully saturated rings. The van der Waals surface area contributed by atoms with Crippen LogP contribution in [0.15, 0.2) is 77.9 Å². The Labute approximate surface area is 226 Å². The maximum absolute atomic E-state index is 13.3. The molecule has 0 radical (unpaired) electrons. The van der Waals surface area contributed by atoms with Crippen LogP contribution < -0.4 is 21.1 Å². The number of nitrogens with zero attached hydrogens (tertiary/aromatic N) is 2. The number of fused-ring (bicyclic) bond motifs is 1. The van der Waals surface area contributed by atoms with Crippen LogP contribution in [-0.4, -0.2) is 47.8 Å². The van der Waals surface area contributed by atoms with E-state index in [1.54, 1.807) is 30.5 Å². The number of pyridine rings is 2. The monoisotopic (exact) mass is 525 g/mol. The van der Waals surface area contributed by atoms with Crippen molar-refractivity contribution in [1.82, 2.24) is 15.3 Å².